The third kappa shape index (κ3) is 13.8. The van der Waals surface area contributed by atoms with E-state index < -0.39 is 11.9 Å². The van der Waals surface area contributed by atoms with Crippen molar-refractivity contribution in [2.24, 2.45) is 22.9 Å². The summed E-state index contributed by atoms with van der Waals surface area (Å²) in [4.78, 5) is 18.1. The molecule has 4 rings (SSSR count). The van der Waals surface area contributed by atoms with Gasteiger partial charge in [0.1, 0.15) is 18.6 Å². The number of aliphatic hydroxyl groups is 2. The fourth-order valence-electron chi connectivity index (χ4n) is 9.46. The molecular weight excluding hydrogens is 737 g/mol. The largest absolute Gasteiger partial charge is 0.460 e. The first-order valence-electron chi connectivity index (χ1n) is 22.7. The van der Waals surface area contributed by atoms with Crippen molar-refractivity contribution in [2.45, 2.75) is 166 Å². The Morgan fingerprint density at radius 2 is 1.58 bits per heavy atom. The molecule has 1 saturated carbocycles. The lowest BCUT2D eigenvalue weighted by Gasteiger charge is -2.58. The molecular formula is C47H76N2O7S. The summed E-state index contributed by atoms with van der Waals surface area (Å²) in [5.41, 5.74) is 3.04. The van der Waals surface area contributed by atoms with Crippen molar-refractivity contribution in [2.75, 3.05) is 39.2 Å². The average Bonchev–Trinajstić information content (AvgIpc) is 3.21. The third-order valence-electron chi connectivity index (χ3n) is 12.2. The smallest absolute Gasteiger partial charge is 0.412 e. The van der Waals surface area contributed by atoms with Crippen LogP contribution in [0, 0.1) is 17.8 Å². The first kappa shape index (κ1) is 47.2. The molecule has 0 bridgehead atoms. The molecule has 1 aromatic carbocycles. The monoisotopic (exact) mass is 813 g/mol. The van der Waals surface area contributed by atoms with Crippen LogP contribution in [0.2, 0.25) is 0 Å². The highest BCUT2D eigenvalue weighted by molar-refractivity contribution is 8.00. The molecule has 3 N–H and O–H groups in total. The van der Waals surface area contributed by atoms with Crippen LogP contribution in [0.1, 0.15) is 160 Å². The van der Waals surface area contributed by atoms with Crippen LogP contribution in [0.25, 0.3) is 0 Å². The molecule has 1 amide bonds. The molecule has 1 aromatic rings. The molecule has 1 heterocycles. The van der Waals surface area contributed by atoms with Crippen molar-refractivity contribution >= 4 is 23.6 Å². The second-order valence-electron chi connectivity index (χ2n) is 16.3. The number of hydrogen-bond acceptors (Lipinski definition) is 9. The average molecular weight is 813 g/mol. The Bertz CT molecular complexity index is 1390. The number of hydrogen-bond donors (Lipinski definition) is 3. The predicted molar refractivity (Wildman–Crippen MR) is 234 cm³/mol. The van der Waals surface area contributed by atoms with Crippen LogP contribution in [0.3, 0.4) is 0 Å². The van der Waals surface area contributed by atoms with Gasteiger partial charge in [0.05, 0.1) is 23.5 Å². The normalized spacial score (nSPS) is 24.3. The number of oxime groups is 1. The lowest BCUT2D eigenvalue weighted by molar-refractivity contribution is -0.223. The van der Waals surface area contributed by atoms with Crippen LogP contribution in [0.4, 0.5) is 4.79 Å². The van der Waals surface area contributed by atoms with E-state index in [4.69, 9.17) is 24.2 Å². The molecule has 322 valence electrons. The van der Waals surface area contributed by atoms with Gasteiger partial charge in [0.2, 0.25) is 5.79 Å². The highest BCUT2D eigenvalue weighted by atomic mass is 32.2. The molecule has 0 saturated heterocycles. The minimum atomic E-state index is -0.988. The molecule has 2 aliphatic carbocycles. The van der Waals surface area contributed by atoms with Crippen molar-refractivity contribution in [3.63, 3.8) is 0 Å². The van der Waals surface area contributed by atoms with Gasteiger partial charge in [-0.1, -0.05) is 121 Å². The second kappa shape index (κ2) is 26.5. The summed E-state index contributed by atoms with van der Waals surface area (Å²) in [6.07, 6.45) is 28.1. The molecule has 3 aliphatic rings. The van der Waals surface area contributed by atoms with E-state index >= 15 is 0 Å². The van der Waals surface area contributed by atoms with Crippen LogP contribution in [0.5, 0.6) is 11.5 Å². The summed E-state index contributed by atoms with van der Waals surface area (Å²) in [5, 5.41) is 27.0. The van der Waals surface area contributed by atoms with Gasteiger partial charge < -0.3 is 34.6 Å². The molecule has 0 radical (unpaired) electrons. The SMILES string of the molecule is C=CCOC12Oc3ccc(OC(=O)NCC)cc3C3C(CCCCO)C(CCCCO)C=C(C(=NOC)CC1SCCCCCCCCCCCCCCCC)C32. The van der Waals surface area contributed by atoms with Crippen LogP contribution in [-0.4, -0.2) is 72.3 Å². The number of rotatable bonds is 30. The number of fused-ring (bicyclic) bond motifs is 2. The van der Waals surface area contributed by atoms with Gasteiger partial charge in [-0.15, -0.1) is 6.58 Å². The zero-order valence-corrected chi connectivity index (χ0v) is 36.5. The Morgan fingerprint density at radius 3 is 2.19 bits per heavy atom. The summed E-state index contributed by atoms with van der Waals surface area (Å²) >= 11 is 1.93. The maximum absolute atomic E-state index is 12.6. The number of nitrogens with one attached hydrogen (secondary N) is 1. The molecule has 57 heavy (non-hydrogen) atoms. The summed E-state index contributed by atoms with van der Waals surface area (Å²) in [6.45, 7) is 9.31. The number of allylic oxidation sites excluding steroid dienone is 1. The summed E-state index contributed by atoms with van der Waals surface area (Å²) in [6, 6.07) is 5.74. The summed E-state index contributed by atoms with van der Waals surface area (Å²) in [5.74, 6) is 1.38. The van der Waals surface area contributed by atoms with E-state index in [0.717, 1.165) is 73.3 Å². The molecule has 1 fully saturated rings. The van der Waals surface area contributed by atoms with Crippen molar-refractivity contribution in [1.82, 2.24) is 5.32 Å². The van der Waals surface area contributed by atoms with Gasteiger partial charge >= 0.3 is 6.09 Å². The van der Waals surface area contributed by atoms with Gasteiger partial charge in [-0.05, 0) is 80.4 Å². The number of aliphatic hydroxyl groups excluding tert-OH is 2. The third-order valence-corrected chi connectivity index (χ3v) is 13.6. The van der Waals surface area contributed by atoms with E-state index in [1.54, 1.807) is 7.11 Å². The summed E-state index contributed by atoms with van der Waals surface area (Å²) < 4.78 is 20.0. The van der Waals surface area contributed by atoms with E-state index in [0.29, 0.717) is 25.3 Å². The van der Waals surface area contributed by atoms with Crippen LogP contribution in [-0.2, 0) is 9.57 Å². The van der Waals surface area contributed by atoms with E-state index in [1.165, 1.54) is 83.5 Å². The maximum Gasteiger partial charge on any atom is 0.412 e. The lowest BCUT2D eigenvalue weighted by atomic mass is 9.56. The van der Waals surface area contributed by atoms with Crippen molar-refractivity contribution in [3.8, 4) is 11.5 Å². The van der Waals surface area contributed by atoms with Crippen LogP contribution in [0.15, 0.2) is 47.7 Å². The topological polar surface area (TPSA) is 119 Å². The Morgan fingerprint density at radius 1 is 0.930 bits per heavy atom. The number of thioether (sulfide) groups is 1. The fourth-order valence-corrected chi connectivity index (χ4v) is 10.9. The van der Waals surface area contributed by atoms with Gasteiger partial charge in [-0.2, -0.15) is 11.8 Å². The number of ether oxygens (including phenoxy) is 3. The Balaban J connectivity index is 1.58. The molecule has 9 nitrogen and oxygen atoms in total. The zero-order valence-electron chi connectivity index (χ0n) is 35.7. The van der Waals surface area contributed by atoms with Crippen molar-refractivity contribution in [3.05, 3.63) is 48.1 Å². The number of carbonyl (C=O) groups excluding carboxylic acids is 1. The number of nitrogens with zero attached hydrogens (tertiary/aromatic N) is 1. The quantitative estimate of drug-likeness (QED) is 0.0399. The Kier molecular flexibility index (Phi) is 22.0. The summed E-state index contributed by atoms with van der Waals surface area (Å²) in [7, 11) is 1.62. The molecule has 6 unspecified atom stereocenters. The molecule has 0 spiro atoms. The van der Waals surface area contributed by atoms with E-state index in [1.807, 2.05) is 43.0 Å². The van der Waals surface area contributed by atoms with Gasteiger partial charge in [-0.25, -0.2) is 4.79 Å². The first-order valence-corrected chi connectivity index (χ1v) is 23.7. The van der Waals surface area contributed by atoms with E-state index in [9.17, 15) is 15.0 Å². The molecule has 10 heteroatoms. The van der Waals surface area contributed by atoms with Crippen LogP contribution < -0.4 is 14.8 Å². The number of unbranched alkanes of at least 4 members (excludes halogenated alkanes) is 15. The second-order valence-corrected chi connectivity index (χ2v) is 17.6. The predicted octanol–water partition coefficient (Wildman–Crippen LogP) is 11.3. The Labute approximate surface area is 349 Å². The maximum atomic E-state index is 12.6. The number of amides is 1. The molecule has 1 aliphatic heterocycles. The minimum Gasteiger partial charge on any atom is -0.460 e. The highest BCUT2D eigenvalue weighted by Crippen LogP contribution is 2.62. The van der Waals surface area contributed by atoms with Crippen molar-refractivity contribution in [1.29, 1.82) is 0 Å². The zero-order chi connectivity index (χ0) is 40.7. The molecule has 0 aromatic heterocycles. The van der Waals surface area contributed by atoms with Gasteiger partial charge in [-0.3, -0.25) is 0 Å². The first-order chi connectivity index (χ1) is 28.0. The highest BCUT2D eigenvalue weighted by Gasteiger charge is 2.63. The fraction of sp³-hybridized carbons (Fsp3) is 0.745. The standard InChI is InChI=1S/C47H76N2O7S/c1-5-8-9-10-11-12-13-14-15-16-17-18-19-24-32-57-43-35-41(49-53-4)39-33-36(25-20-22-29-50)38(26-21-23-30-51)44-40-34-37(55-46(52)48-7-3)27-28-42(40)56-47(43,45(39)44)54-31-6-2/h6,27-28,33-34,36,38,43-45,50-51H,2,5,7-26,29-32,35H2,1,3-4H3,(H,48,52). The lowest BCUT2D eigenvalue weighted by Crippen LogP contribution is -2.64. The van der Waals surface area contributed by atoms with E-state index in [-0.39, 0.29) is 42.1 Å². The van der Waals surface area contributed by atoms with Gasteiger partial charge in [0.25, 0.3) is 0 Å². The van der Waals surface area contributed by atoms with Crippen LogP contribution >= 0.6 is 11.8 Å². The Hall–Kier alpha value is -2.53. The van der Waals surface area contributed by atoms with E-state index in [2.05, 4.69) is 24.9 Å². The minimum absolute atomic E-state index is 0.0410. The molecule has 6 atom stereocenters. The van der Waals surface area contributed by atoms with Crippen molar-refractivity contribution < 1.29 is 34.1 Å². The number of benzene rings is 1. The van der Waals surface area contributed by atoms with Gasteiger partial charge in [0.15, 0.2) is 0 Å². The number of carbonyl (C=O) groups is 1. The van der Waals surface area contributed by atoms with Gasteiger partial charge in [0, 0.05) is 37.7 Å².